The van der Waals surface area contributed by atoms with Gasteiger partial charge < -0.3 is 13.7 Å². The molecular weight excluding hydrogens is 399 g/mol. The first-order valence-electron chi connectivity index (χ1n) is 8.07. The summed E-state index contributed by atoms with van der Waals surface area (Å²) in [6.45, 7) is -0.518. The van der Waals surface area contributed by atoms with Gasteiger partial charge in [-0.25, -0.2) is 13.2 Å². The highest BCUT2D eigenvalue weighted by atomic mass is 19.2. The van der Waals surface area contributed by atoms with Gasteiger partial charge in [-0.1, -0.05) is 5.16 Å². The van der Waals surface area contributed by atoms with E-state index in [2.05, 4.69) is 10.1 Å². The lowest BCUT2D eigenvalue weighted by Crippen LogP contribution is -2.03. The summed E-state index contributed by atoms with van der Waals surface area (Å²) >= 11 is 0. The molecule has 0 spiro atoms. The summed E-state index contributed by atoms with van der Waals surface area (Å²) in [5, 5.41) is 3.76. The van der Waals surface area contributed by atoms with E-state index in [1.165, 1.54) is 36.4 Å². The van der Waals surface area contributed by atoms with Crippen LogP contribution < -0.4 is 4.74 Å². The average molecular weight is 408 g/mol. The number of aromatic nitrogens is 2. The molecule has 0 unspecified atom stereocenters. The van der Waals surface area contributed by atoms with Crippen molar-refractivity contribution in [2.24, 2.45) is 0 Å². The maximum Gasteiger partial charge on any atom is 0.293 e. The second kappa shape index (κ2) is 7.38. The van der Waals surface area contributed by atoms with Crippen molar-refractivity contribution in [3.63, 3.8) is 0 Å². The molecule has 0 amide bonds. The van der Waals surface area contributed by atoms with Gasteiger partial charge in [0.05, 0.1) is 0 Å². The topological polar surface area (TPSA) is 61.3 Å². The van der Waals surface area contributed by atoms with Gasteiger partial charge >= 0.3 is 0 Å². The van der Waals surface area contributed by atoms with Crippen LogP contribution in [0.1, 0.15) is 5.76 Å². The van der Waals surface area contributed by atoms with Gasteiger partial charge in [0.2, 0.25) is 17.5 Å². The van der Waals surface area contributed by atoms with E-state index in [9.17, 15) is 22.0 Å². The Morgan fingerprint density at radius 2 is 1.55 bits per heavy atom. The van der Waals surface area contributed by atoms with E-state index < -0.39 is 41.4 Å². The Morgan fingerprint density at radius 3 is 2.24 bits per heavy atom. The molecule has 0 saturated heterocycles. The standard InChI is InChI=1S/C19H9F5N2O3/c20-10-3-1-9(2-4-10)18-25-19(29-26-18)14-6-5-11(28-14)8-27-17-15(23)12(21)7-13(22)16(17)24/h1-7H,8H2. The number of benzene rings is 2. The zero-order valence-corrected chi connectivity index (χ0v) is 14.3. The van der Waals surface area contributed by atoms with Crippen LogP contribution in [0.25, 0.3) is 23.0 Å². The van der Waals surface area contributed by atoms with Crippen molar-refractivity contribution in [3.8, 4) is 28.8 Å². The highest BCUT2D eigenvalue weighted by molar-refractivity contribution is 5.57. The monoisotopic (exact) mass is 408 g/mol. The van der Waals surface area contributed by atoms with Crippen LogP contribution in [0.5, 0.6) is 5.75 Å². The molecule has 2 aromatic heterocycles. The second-order valence-corrected chi connectivity index (χ2v) is 5.78. The van der Waals surface area contributed by atoms with Crippen LogP contribution in [-0.2, 0) is 6.61 Å². The number of ether oxygens (including phenoxy) is 1. The first kappa shape index (κ1) is 18.7. The first-order valence-corrected chi connectivity index (χ1v) is 8.07. The molecule has 2 aromatic carbocycles. The molecule has 5 nitrogen and oxygen atoms in total. The molecular formula is C19H9F5N2O3. The Labute approximate surface area is 159 Å². The highest BCUT2D eigenvalue weighted by Gasteiger charge is 2.21. The minimum Gasteiger partial charge on any atom is -0.479 e. The zero-order chi connectivity index (χ0) is 20.5. The third-order valence-corrected chi connectivity index (χ3v) is 3.83. The summed E-state index contributed by atoms with van der Waals surface area (Å²) in [6, 6.07) is 8.31. The molecule has 0 bridgehead atoms. The molecule has 4 rings (SSSR count). The van der Waals surface area contributed by atoms with Crippen molar-refractivity contribution in [1.82, 2.24) is 10.1 Å². The van der Waals surface area contributed by atoms with Crippen LogP contribution >= 0.6 is 0 Å². The SMILES string of the molecule is Fc1ccc(-c2noc(-c3ccc(COc4c(F)c(F)cc(F)c4F)o3)n2)cc1. The summed E-state index contributed by atoms with van der Waals surface area (Å²) in [4.78, 5) is 4.11. The lowest BCUT2D eigenvalue weighted by atomic mass is 10.2. The maximum atomic E-state index is 13.6. The third-order valence-electron chi connectivity index (χ3n) is 3.83. The average Bonchev–Trinajstić information content (AvgIpc) is 3.36. The van der Waals surface area contributed by atoms with Crippen LogP contribution in [0.15, 0.2) is 51.4 Å². The molecule has 0 atom stereocenters. The quantitative estimate of drug-likeness (QED) is 0.333. The molecule has 0 aliphatic rings. The van der Waals surface area contributed by atoms with Gasteiger partial charge in [-0.2, -0.15) is 13.8 Å². The summed E-state index contributed by atoms with van der Waals surface area (Å²) in [7, 11) is 0. The van der Waals surface area contributed by atoms with E-state index in [1.54, 1.807) is 0 Å². The van der Waals surface area contributed by atoms with Crippen molar-refractivity contribution in [1.29, 1.82) is 0 Å². The largest absolute Gasteiger partial charge is 0.479 e. The van der Waals surface area contributed by atoms with Crippen LogP contribution in [0, 0.1) is 29.1 Å². The lowest BCUT2D eigenvalue weighted by Gasteiger charge is -2.08. The van der Waals surface area contributed by atoms with Crippen LogP contribution in [0.4, 0.5) is 22.0 Å². The van der Waals surface area contributed by atoms with Crippen molar-refractivity contribution >= 4 is 0 Å². The molecule has 0 N–H and O–H groups in total. The molecule has 0 fully saturated rings. The third kappa shape index (κ3) is 3.68. The molecule has 4 aromatic rings. The van der Waals surface area contributed by atoms with Crippen LogP contribution in [0.3, 0.4) is 0 Å². The number of rotatable bonds is 5. The van der Waals surface area contributed by atoms with Crippen molar-refractivity contribution in [2.75, 3.05) is 0 Å². The Kier molecular flexibility index (Phi) is 4.75. The van der Waals surface area contributed by atoms with Crippen LogP contribution in [-0.4, -0.2) is 10.1 Å². The molecule has 148 valence electrons. The Morgan fingerprint density at radius 1 is 0.862 bits per heavy atom. The molecule has 0 saturated carbocycles. The number of halogens is 5. The smallest absolute Gasteiger partial charge is 0.293 e. The number of hydrogen-bond acceptors (Lipinski definition) is 5. The molecule has 0 aliphatic heterocycles. The fourth-order valence-electron chi connectivity index (χ4n) is 2.43. The fraction of sp³-hybridized carbons (Fsp3) is 0.0526. The van der Waals surface area contributed by atoms with E-state index >= 15 is 0 Å². The van der Waals surface area contributed by atoms with Crippen molar-refractivity contribution in [3.05, 3.63) is 77.3 Å². The lowest BCUT2D eigenvalue weighted by molar-refractivity contribution is 0.237. The second-order valence-electron chi connectivity index (χ2n) is 5.78. The highest BCUT2D eigenvalue weighted by Crippen LogP contribution is 2.28. The van der Waals surface area contributed by atoms with Gasteiger partial charge in [-0.3, -0.25) is 0 Å². The fourth-order valence-corrected chi connectivity index (χ4v) is 2.43. The summed E-state index contributed by atoms with van der Waals surface area (Å²) in [5.41, 5.74) is 0.510. The first-order chi connectivity index (χ1) is 13.9. The van der Waals surface area contributed by atoms with Crippen molar-refractivity contribution < 1.29 is 35.6 Å². The van der Waals surface area contributed by atoms with Gasteiger partial charge in [0.15, 0.2) is 23.1 Å². The predicted molar refractivity (Wildman–Crippen MR) is 88.0 cm³/mol. The number of hydrogen-bond donors (Lipinski definition) is 0. The Bertz CT molecular complexity index is 1150. The van der Waals surface area contributed by atoms with Gasteiger partial charge in [0.1, 0.15) is 18.2 Å². The van der Waals surface area contributed by atoms with E-state index in [4.69, 9.17) is 13.7 Å². The van der Waals surface area contributed by atoms with Crippen LogP contribution in [0.2, 0.25) is 0 Å². The maximum absolute atomic E-state index is 13.6. The minimum absolute atomic E-state index is 0.00950. The molecule has 0 radical (unpaired) electrons. The minimum atomic E-state index is -1.66. The zero-order valence-electron chi connectivity index (χ0n) is 14.3. The summed E-state index contributed by atoms with van der Waals surface area (Å²) in [6.07, 6.45) is 0. The van der Waals surface area contributed by atoms with E-state index in [-0.39, 0.29) is 29.3 Å². The van der Waals surface area contributed by atoms with E-state index in [0.717, 1.165) is 0 Å². The van der Waals surface area contributed by atoms with Gasteiger partial charge in [-0.05, 0) is 36.4 Å². The molecule has 0 aliphatic carbocycles. The summed E-state index contributed by atoms with van der Waals surface area (Å²) < 4.78 is 81.9. The molecule has 29 heavy (non-hydrogen) atoms. The molecule has 10 heteroatoms. The van der Waals surface area contributed by atoms with E-state index in [0.29, 0.717) is 5.56 Å². The van der Waals surface area contributed by atoms with Gasteiger partial charge in [0, 0.05) is 11.6 Å². The Hall–Kier alpha value is -3.69. The normalized spacial score (nSPS) is 11.1. The number of nitrogens with zero attached hydrogens (tertiary/aromatic N) is 2. The Balaban J connectivity index is 1.51. The van der Waals surface area contributed by atoms with Gasteiger partial charge in [-0.15, -0.1) is 0 Å². The van der Waals surface area contributed by atoms with Crippen molar-refractivity contribution in [2.45, 2.75) is 6.61 Å². The predicted octanol–water partition coefficient (Wildman–Crippen LogP) is 5.27. The summed E-state index contributed by atoms with van der Waals surface area (Å²) in [5.74, 6) is -7.72. The van der Waals surface area contributed by atoms with E-state index in [1.807, 2.05) is 0 Å². The van der Waals surface area contributed by atoms with Gasteiger partial charge in [0.25, 0.3) is 5.89 Å². The number of furan rings is 1. The molecule has 2 heterocycles.